The summed E-state index contributed by atoms with van der Waals surface area (Å²) in [5, 5.41) is 9.56. The summed E-state index contributed by atoms with van der Waals surface area (Å²) in [6, 6.07) is 8.24. The average molecular weight is 232 g/mol. The molecule has 0 bridgehead atoms. The molecule has 1 aliphatic rings. The number of aliphatic carboxylic acids is 1. The molecular formula is C15H20O2. The summed E-state index contributed by atoms with van der Waals surface area (Å²) >= 11 is 0. The highest BCUT2D eigenvalue weighted by Gasteiger charge is 2.41. The third-order valence-corrected chi connectivity index (χ3v) is 3.77. The summed E-state index contributed by atoms with van der Waals surface area (Å²) in [6.07, 6.45) is 3.14. The molecule has 0 heterocycles. The van der Waals surface area contributed by atoms with Crippen molar-refractivity contribution in [3.8, 4) is 0 Å². The highest BCUT2D eigenvalue weighted by Crippen LogP contribution is 2.40. The molecule has 1 aromatic rings. The van der Waals surface area contributed by atoms with Gasteiger partial charge < -0.3 is 5.11 Å². The predicted molar refractivity (Wildman–Crippen MR) is 68.0 cm³/mol. The normalized spacial score (nSPS) is 23.5. The van der Waals surface area contributed by atoms with E-state index in [1.807, 2.05) is 12.1 Å². The Morgan fingerprint density at radius 1 is 1.35 bits per heavy atom. The van der Waals surface area contributed by atoms with Crippen molar-refractivity contribution < 1.29 is 9.90 Å². The van der Waals surface area contributed by atoms with Gasteiger partial charge in [0.1, 0.15) is 0 Å². The number of carbonyl (C=O) groups is 1. The van der Waals surface area contributed by atoms with Crippen molar-refractivity contribution in [2.24, 2.45) is 11.3 Å². The summed E-state index contributed by atoms with van der Waals surface area (Å²) in [6.45, 7) is 4.20. The zero-order valence-electron chi connectivity index (χ0n) is 10.6. The fraction of sp³-hybridized carbons (Fsp3) is 0.533. The maximum Gasteiger partial charge on any atom is 0.309 e. The molecule has 1 aromatic carbocycles. The van der Waals surface area contributed by atoms with Crippen LogP contribution < -0.4 is 0 Å². The quantitative estimate of drug-likeness (QED) is 0.868. The molecule has 1 aliphatic carbocycles. The smallest absolute Gasteiger partial charge is 0.309 e. The minimum atomic E-state index is -0.624. The summed E-state index contributed by atoms with van der Waals surface area (Å²) in [5.74, 6) is -0.197. The van der Waals surface area contributed by atoms with Crippen LogP contribution in [0.15, 0.2) is 24.3 Å². The standard InChI is InChI=1S/C15H20O2/c1-11(2)9-15(14(16)17)8-7-12-5-3-4-6-13(12)10-15/h3-6,11H,7-10H2,1-2H3,(H,16,17). The lowest BCUT2D eigenvalue weighted by Crippen LogP contribution is -2.38. The van der Waals surface area contributed by atoms with Gasteiger partial charge in [-0.05, 0) is 42.7 Å². The first-order valence-corrected chi connectivity index (χ1v) is 6.34. The van der Waals surface area contributed by atoms with Gasteiger partial charge in [-0.2, -0.15) is 0 Å². The lowest BCUT2D eigenvalue weighted by molar-refractivity contribution is -0.151. The Bertz CT molecular complexity index is 423. The third kappa shape index (κ3) is 2.36. The molecule has 0 saturated heterocycles. The molecular weight excluding hydrogens is 212 g/mol. The van der Waals surface area contributed by atoms with Gasteiger partial charge in [0.05, 0.1) is 5.41 Å². The second-order valence-corrected chi connectivity index (χ2v) is 5.63. The van der Waals surface area contributed by atoms with E-state index in [0.29, 0.717) is 12.3 Å². The van der Waals surface area contributed by atoms with Crippen LogP contribution in [0.3, 0.4) is 0 Å². The molecule has 2 rings (SSSR count). The molecule has 0 spiro atoms. The van der Waals surface area contributed by atoms with Crippen LogP contribution in [0.1, 0.15) is 37.8 Å². The summed E-state index contributed by atoms with van der Waals surface area (Å²) < 4.78 is 0. The molecule has 92 valence electrons. The Morgan fingerprint density at radius 2 is 2.00 bits per heavy atom. The molecule has 0 fully saturated rings. The first-order valence-electron chi connectivity index (χ1n) is 6.34. The fourth-order valence-corrected chi connectivity index (χ4v) is 3.03. The Hall–Kier alpha value is -1.31. The van der Waals surface area contributed by atoms with Crippen LogP contribution in [0, 0.1) is 11.3 Å². The minimum absolute atomic E-state index is 0.427. The van der Waals surface area contributed by atoms with Gasteiger partial charge in [-0.3, -0.25) is 4.79 Å². The van der Waals surface area contributed by atoms with Crippen molar-refractivity contribution in [1.82, 2.24) is 0 Å². The van der Waals surface area contributed by atoms with Crippen LogP contribution in [0.4, 0.5) is 0 Å². The number of hydrogen-bond acceptors (Lipinski definition) is 1. The first kappa shape index (κ1) is 12.2. The zero-order chi connectivity index (χ0) is 12.5. The fourth-order valence-electron chi connectivity index (χ4n) is 3.03. The van der Waals surface area contributed by atoms with Gasteiger partial charge in [0.25, 0.3) is 0 Å². The summed E-state index contributed by atoms with van der Waals surface area (Å²) in [7, 11) is 0. The second kappa shape index (κ2) is 4.52. The van der Waals surface area contributed by atoms with E-state index in [2.05, 4.69) is 26.0 Å². The number of rotatable bonds is 3. The molecule has 2 nitrogen and oxygen atoms in total. The number of carboxylic acid groups (broad SMARTS) is 1. The zero-order valence-corrected chi connectivity index (χ0v) is 10.6. The van der Waals surface area contributed by atoms with Crippen LogP contribution in [-0.2, 0) is 17.6 Å². The number of carboxylic acids is 1. The highest BCUT2D eigenvalue weighted by atomic mass is 16.4. The Morgan fingerprint density at radius 3 is 2.59 bits per heavy atom. The van der Waals surface area contributed by atoms with E-state index in [1.54, 1.807) is 0 Å². The van der Waals surface area contributed by atoms with Gasteiger partial charge in [0.15, 0.2) is 0 Å². The maximum absolute atomic E-state index is 11.6. The number of hydrogen-bond donors (Lipinski definition) is 1. The number of benzene rings is 1. The Balaban J connectivity index is 2.31. The van der Waals surface area contributed by atoms with E-state index in [4.69, 9.17) is 0 Å². The van der Waals surface area contributed by atoms with Crippen molar-refractivity contribution in [3.63, 3.8) is 0 Å². The maximum atomic E-state index is 11.6. The SMILES string of the molecule is CC(C)CC1(C(=O)O)CCc2ccccc2C1. The summed E-state index contributed by atoms with van der Waals surface area (Å²) in [5.41, 5.74) is 2.01. The molecule has 0 amide bonds. The molecule has 1 atom stereocenters. The predicted octanol–water partition coefficient (Wildman–Crippen LogP) is 3.29. The molecule has 0 aromatic heterocycles. The van der Waals surface area contributed by atoms with E-state index in [1.165, 1.54) is 11.1 Å². The van der Waals surface area contributed by atoms with E-state index >= 15 is 0 Å². The summed E-state index contributed by atoms with van der Waals surface area (Å²) in [4.78, 5) is 11.6. The van der Waals surface area contributed by atoms with Gasteiger partial charge in [0.2, 0.25) is 0 Å². The molecule has 17 heavy (non-hydrogen) atoms. The minimum Gasteiger partial charge on any atom is -0.481 e. The molecule has 1 unspecified atom stereocenters. The van der Waals surface area contributed by atoms with Gasteiger partial charge in [-0.15, -0.1) is 0 Å². The third-order valence-electron chi connectivity index (χ3n) is 3.77. The van der Waals surface area contributed by atoms with E-state index < -0.39 is 11.4 Å². The second-order valence-electron chi connectivity index (χ2n) is 5.63. The van der Waals surface area contributed by atoms with E-state index in [9.17, 15) is 9.90 Å². The first-order chi connectivity index (χ1) is 8.03. The van der Waals surface area contributed by atoms with Crippen molar-refractivity contribution in [3.05, 3.63) is 35.4 Å². The highest BCUT2D eigenvalue weighted by molar-refractivity contribution is 5.75. The van der Waals surface area contributed by atoms with Gasteiger partial charge in [0, 0.05) is 0 Å². The molecule has 2 heteroatoms. The van der Waals surface area contributed by atoms with Crippen molar-refractivity contribution in [2.75, 3.05) is 0 Å². The van der Waals surface area contributed by atoms with E-state index in [0.717, 1.165) is 19.3 Å². The topological polar surface area (TPSA) is 37.3 Å². The molecule has 0 aliphatic heterocycles. The lowest BCUT2D eigenvalue weighted by Gasteiger charge is -2.35. The van der Waals surface area contributed by atoms with E-state index in [-0.39, 0.29) is 0 Å². The number of fused-ring (bicyclic) bond motifs is 1. The van der Waals surface area contributed by atoms with Crippen LogP contribution in [-0.4, -0.2) is 11.1 Å². The molecule has 1 N–H and O–H groups in total. The van der Waals surface area contributed by atoms with Crippen molar-refractivity contribution in [2.45, 2.75) is 39.5 Å². The monoisotopic (exact) mass is 232 g/mol. The molecule has 0 radical (unpaired) electrons. The molecule has 0 saturated carbocycles. The van der Waals surface area contributed by atoms with Gasteiger partial charge in [-0.25, -0.2) is 0 Å². The van der Waals surface area contributed by atoms with Crippen LogP contribution in [0.5, 0.6) is 0 Å². The van der Waals surface area contributed by atoms with Gasteiger partial charge >= 0.3 is 5.97 Å². The Labute approximate surface area is 103 Å². The largest absolute Gasteiger partial charge is 0.481 e. The van der Waals surface area contributed by atoms with Gasteiger partial charge in [-0.1, -0.05) is 38.1 Å². The van der Waals surface area contributed by atoms with Crippen molar-refractivity contribution >= 4 is 5.97 Å². The average Bonchev–Trinajstić information content (AvgIpc) is 2.27. The van der Waals surface area contributed by atoms with Crippen molar-refractivity contribution in [1.29, 1.82) is 0 Å². The number of aryl methyl sites for hydroxylation is 1. The van der Waals surface area contributed by atoms with Crippen LogP contribution >= 0.6 is 0 Å². The lowest BCUT2D eigenvalue weighted by atomic mass is 9.67. The van der Waals surface area contributed by atoms with Crippen LogP contribution in [0.2, 0.25) is 0 Å². The Kier molecular flexibility index (Phi) is 3.23. The van der Waals surface area contributed by atoms with Crippen LogP contribution in [0.25, 0.3) is 0 Å².